The maximum absolute atomic E-state index is 12.0. The highest BCUT2D eigenvalue weighted by Gasteiger charge is 2.19. The first-order valence-corrected chi connectivity index (χ1v) is 7.55. The van der Waals surface area contributed by atoms with Crippen molar-refractivity contribution in [3.63, 3.8) is 0 Å². The Balaban J connectivity index is 1.82. The van der Waals surface area contributed by atoms with Gasteiger partial charge >= 0.3 is 6.03 Å². The fourth-order valence-corrected chi connectivity index (χ4v) is 2.48. The smallest absolute Gasteiger partial charge is 0.317 e. The molecule has 0 unspecified atom stereocenters. The first-order chi connectivity index (χ1) is 10.3. The number of carbonyl (C=O) groups is 1. The molecule has 0 aliphatic carbocycles. The molecule has 2 rings (SSSR count). The van der Waals surface area contributed by atoms with Crippen molar-refractivity contribution in [3.05, 3.63) is 42.0 Å². The first kappa shape index (κ1) is 16.4. The standard InChI is InChI=1S/C17H25N3O2/c1-17(2,22)13-19(3)16(21)18-12-14-6-8-15(9-7-14)20-10-4-5-11-20/h4-9,22H,10-13H2,1-3H3,(H,18,21). The topological polar surface area (TPSA) is 55.8 Å². The van der Waals surface area contributed by atoms with Crippen LogP contribution in [0.3, 0.4) is 0 Å². The summed E-state index contributed by atoms with van der Waals surface area (Å²) in [5.74, 6) is 0. The van der Waals surface area contributed by atoms with E-state index in [1.54, 1.807) is 20.9 Å². The normalized spacial score (nSPS) is 14.3. The second-order valence-corrected chi connectivity index (χ2v) is 6.37. The van der Waals surface area contributed by atoms with E-state index in [0.29, 0.717) is 13.1 Å². The summed E-state index contributed by atoms with van der Waals surface area (Å²) in [5.41, 5.74) is 1.36. The average Bonchev–Trinajstić information content (AvgIpc) is 2.97. The second kappa shape index (κ2) is 6.83. The zero-order valence-corrected chi connectivity index (χ0v) is 13.5. The van der Waals surface area contributed by atoms with Crippen LogP contribution in [0, 0.1) is 0 Å². The molecule has 0 aromatic heterocycles. The summed E-state index contributed by atoms with van der Waals surface area (Å²) in [6.45, 7) is 6.05. The maximum Gasteiger partial charge on any atom is 0.317 e. The molecule has 0 atom stereocenters. The van der Waals surface area contributed by atoms with Gasteiger partial charge in [-0.05, 0) is 31.5 Å². The molecule has 0 spiro atoms. The highest BCUT2D eigenvalue weighted by molar-refractivity contribution is 5.73. The van der Waals surface area contributed by atoms with Crippen molar-refractivity contribution in [1.29, 1.82) is 0 Å². The van der Waals surface area contributed by atoms with Gasteiger partial charge in [0.15, 0.2) is 0 Å². The van der Waals surface area contributed by atoms with Crippen LogP contribution >= 0.6 is 0 Å². The highest BCUT2D eigenvalue weighted by Crippen LogP contribution is 2.17. The molecule has 0 bridgehead atoms. The Morgan fingerprint density at radius 3 is 2.41 bits per heavy atom. The number of benzene rings is 1. The monoisotopic (exact) mass is 303 g/mol. The van der Waals surface area contributed by atoms with Gasteiger partial charge in [-0.3, -0.25) is 0 Å². The SMILES string of the molecule is CN(CC(C)(C)O)C(=O)NCc1ccc(N2CC=CC2)cc1. The number of aliphatic hydroxyl groups is 1. The quantitative estimate of drug-likeness (QED) is 0.818. The van der Waals surface area contributed by atoms with Gasteiger partial charge in [0.05, 0.1) is 12.1 Å². The lowest BCUT2D eigenvalue weighted by Crippen LogP contribution is -2.44. The van der Waals surface area contributed by atoms with Crippen LogP contribution in [0.15, 0.2) is 36.4 Å². The summed E-state index contributed by atoms with van der Waals surface area (Å²) in [5, 5.41) is 12.6. The number of hydrogen-bond acceptors (Lipinski definition) is 3. The number of nitrogens with one attached hydrogen (secondary N) is 1. The molecule has 120 valence electrons. The zero-order chi connectivity index (χ0) is 16.2. The summed E-state index contributed by atoms with van der Waals surface area (Å²) in [7, 11) is 1.68. The molecule has 22 heavy (non-hydrogen) atoms. The maximum atomic E-state index is 12.0. The molecular weight excluding hydrogens is 278 g/mol. The van der Waals surface area contributed by atoms with Crippen LogP contribution in [0.2, 0.25) is 0 Å². The van der Waals surface area contributed by atoms with Crippen LogP contribution in [-0.4, -0.2) is 48.3 Å². The molecule has 0 saturated heterocycles. The van der Waals surface area contributed by atoms with E-state index >= 15 is 0 Å². The van der Waals surface area contributed by atoms with Gasteiger partial charge in [0.2, 0.25) is 0 Å². The largest absolute Gasteiger partial charge is 0.389 e. The van der Waals surface area contributed by atoms with Gasteiger partial charge in [-0.15, -0.1) is 0 Å². The number of carbonyl (C=O) groups excluding carboxylic acids is 1. The van der Waals surface area contributed by atoms with Gasteiger partial charge in [0.25, 0.3) is 0 Å². The van der Waals surface area contributed by atoms with E-state index in [4.69, 9.17) is 0 Å². The third-order valence-corrected chi connectivity index (χ3v) is 3.53. The lowest BCUT2D eigenvalue weighted by molar-refractivity contribution is 0.0531. The van der Waals surface area contributed by atoms with E-state index in [9.17, 15) is 9.90 Å². The minimum Gasteiger partial charge on any atom is -0.389 e. The highest BCUT2D eigenvalue weighted by atomic mass is 16.3. The van der Waals surface area contributed by atoms with Crippen LogP contribution in [0.25, 0.3) is 0 Å². The number of amides is 2. The Morgan fingerprint density at radius 1 is 1.27 bits per heavy atom. The summed E-state index contributed by atoms with van der Waals surface area (Å²) < 4.78 is 0. The molecule has 0 radical (unpaired) electrons. The zero-order valence-electron chi connectivity index (χ0n) is 13.5. The predicted octanol–water partition coefficient (Wildman–Crippen LogP) is 1.98. The fourth-order valence-electron chi connectivity index (χ4n) is 2.48. The van der Waals surface area contributed by atoms with Gasteiger partial charge in [0.1, 0.15) is 0 Å². The summed E-state index contributed by atoms with van der Waals surface area (Å²) in [4.78, 5) is 15.7. The van der Waals surface area contributed by atoms with Crippen LogP contribution in [-0.2, 0) is 6.54 Å². The van der Waals surface area contributed by atoms with Crippen molar-refractivity contribution in [3.8, 4) is 0 Å². The van der Waals surface area contributed by atoms with Crippen LogP contribution in [0.4, 0.5) is 10.5 Å². The second-order valence-electron chi connectivity index (χ2n) is 6.37. The number of hydrogen-bond donors (Lipinski definition) is 2. The molecule has 2 N–H and O–H groups in total. The number of likely N-dealkylation sites (N-methyl/N-ethyl adjacent to an activating group) is 1. The summed E-state index contributed by atoms with van der Waals surface area (Å²) in [6.07, 6.45) is 4.32. The minimum atomic E-state index is -0.891. The van der Waals surface area contributed by atoms with E-state index in [0.717, 1.165) is 18.7 Å². The number of urea groups is 1. The molecule has 1 heterocycles. The molecule has 1 aromatic carbocycles. The molecule has 0 fully saturated rings. The van der Waals surface area contributed by atoms with E-state index in [-0.39, 0.29) is 6.03 Å². The molecule has 0 saturated carbocycles. The number of nitrogens with zero attached hydrogens (tertiary/aromatic N) is 2. The Morgan fingerprint density at radius 2 is 1.86 bits per heavy atom. The van der Waals surface area contributed by atoms with Gasteiger partial charge in [-0.2, -0.15) is 0 Å². The lowest BCUT2D eigenvalue weighted by Gasteiger charge is -2.25. The minimum absolute atomic E-state index is 0.185. The van der Waals surface area contributed by atoms with E-state index < -0.39 is 5.60 Å². The van der Waals surface area contributed by atoms with Crippen LogP contribution in [0.5, 0.6) is 0 Å². The number of rotatable bonds is 5. The molecular formula is C17H25N3O2. The van der Waals surface area contributed by atoms with E-state index in [2.05, 4.69) is 34.5 Å². The molecule has 2 amide bonds. The predicted molar refractivity (Wildman–Crippen MR) is 89.0 cm³/mol. The van der Waals surface area contributed by atoms with Crippen molar-refractivity contribution in [2.75, 3.05) is 31.6 Å². The summed E-state index contributed by atoms with van der Waals surface area (Å²) in [6, 6.07) is 8.03. The Bertz CT molecular complexity index is 524. The molecule has 5 nitrogen and oxygen atoms in total. The molecule has 1 aliphatic heterocycles. The third-order valence-electron chi connectivity index (χ3n) is 3.53. The van der Waals surface area contributed by atoms with Crippen molar-refractivity contribution in [2.24, 2.45) is 0 Å². The average molecular weight is 303 g/mol. The van der Waals surface area contributed by atoms with Crippen LogP contribution in [0.1, 0.15) is 19.4 Å². The van der Waals surface area contributed by atoms with Gasteiger partial charge < -0.3 is 20.2 Å². The van der Waals surface area contributed by atoms with Crippen molar-refractivity contribution >= 4 is 11.7 Å². The Labute approximate surface area is 132 Å². The van der Waals surface area contributed by atoms with Crippen molar-refractivity contribution in [1.82, 2.24) is 10.2 Å². The molecule has 5 heteroatoms. The van der Waals surface area contributed by atoms with Gasteiger partial charge in [-0.1, -0.05) is 24.3 Å². The van der Waals surface area contributed by atoms with E-state index in [1.165, 1.54) is 10.6 Å². The molecule has 1 aliphatic rings. The van der Waals surface area contributed by atoms with E-state index in [1.807, 2.05) is 12.1 Å². The van der Waals surface area contributed by atoms with Crippen molar-refractivity contribution < 1.29 is 9.90 Å². The fraction of sp³-hybridized carbons (Fsp3) is 0.471. The first-order valence-electron chi connectivity index (χ1n) is 7.55. The Kier molecular flexibility index (Phi) is 5.08. The van der Waals surface area contributed by atoms with Crippen LogP contribution < -0.4 is 10.2 Å². The van der Waals surface area contributed by atoms with Gasteiger partial charge in [-0.25, -0.2) is 4.79 Å². The summed E-state index contributed by atoms with van der Waals surface area (Å²) >= 11 is 0. The molecule has 1 aromatic rings. The lowest BCUT2D eigenvalue weighted by atomic mass is 10.1. The Hall–Kier alpha value is -2.01. The van der Waals surface area contributed by atoms with Crippen molar-refractivity contribution in [2.45, 2.75) is 26.0 Å². The number of anilines is 1. The van der Waals surface area contributed by atoms with Gasteiger partial charge in [0, 0.05) is 32.4 Å². The third kappa shape index (κ3) is 4.77.